The first-order valence-electron chi connectivity index (χ1n) is 6.02. The highest BCUT2D eigenvalue weighted by molar-refractivity contribution is 6.31. The van der Waals surface area contributed by atoms with Crippen molar-refractivity contribution in [3.8, 4) is 11.3 Å². The van der Waals surface area contributed by atoms with Crippen LogP contribution in [0.25, 0.3) is 22.2 Å². The fourth-order valence-corrected chi connectivity index (χ4v) is 2.67. The molecule has 3 rings (SSSR count). The van der Waals surface area contributed by atoms with Crippen molar-refractivity contribution in [2.75, 3.05) is 0 Å². The van der Waals surface area contributed by atoms with Gasteiger partial charge in [0.1, 0.15) is 5.56 Å². The zero-order valence-electron chi connectivity index (χ0n) is 10.9. The molecule has 0 fully saturated rings. The number of fused-ring (bicyclic) bond motifs is 1. The number of halogens is 1. The number of carboxylic acids is 1. The van der Waals surface area contributed by atoms with Crippen LogP contribution in [-0.4, -0.2) is 25.8 Å². The number of rotatable bonds is 2. The van der Waals surface area contributed by atoms with Gasteiger partial charge in [-0.1, -0.05) is 17.7 Å². The molecule has 0 radical (unpaired) electrons. The van der Waals surface area contributed by atoms with E-state index in [1.165, 1.54) is 6.20 Å². The summed E-state index contributed by atoms with van der Waals surface area (Å²) in [6.07, 6.45) is 1.37. The van der Waals surface area contributed by atoms with E-state index < -0.39 is 5.97 Å². The van der Waals surface area contributed by atoms with Crippen LogP contribution in [0.5, 0.6) is 0 Å². The third kappa shape index (κ3) is 1.78. The summed E-state index contributed by atoms with van der Waals surface area (Å²) in [5.74, 6) is -0.990. The van der Waals surface area contributed by atoms with Gasteiger partial charge in [0.2, 0.25) is 0 Å². The molecule has 0 atom stereocenters. The number of carboxylic acid groups (broad SMARTS) is 1. The van der Waals surface area contributed by atoms with E-state index in [4.69, 9.17) is 11.6 Å². The second-order valence-corrected chi connectivity index (χ2v) is 5.09. The fraction of sp³-hybridized carbons (Fsp3) is 0.143. The number of nitrogens with zero attached hydrogens (tertiary/aromatic N) is 2. The zero-order chi connectivity index (χ0) is 14.4. The number of nitrogens with one attached hydrogen (secondary N) is 1. The molecule has 0 unspecified atom stereocenters. The summed E-state index contributed by atoms with van der Waals surface area (Å²) < 4.78 is 1.58. The number of aromatic carboxylic acids is 1. The van der Waals surface area contributed by atoms with E-state index in [1.54, 1.807) is 17.8 Å². The van der Waals surface area contributed by atoms with Gasteiger partial charge in [-0.3, -0.25) is 4.68 Å². The maximum Gasteiger partial charge on any atom is 0.339 e. The lowest BCUT2D eigenvalue weighted by Crippen LogP contribution is -2.01. The number of aryl methyl sites for hydroxylation is 2. The van der Waals surface area contributed by atoms with Crippen LogP contribution in [0.1, 0.15) is 16.1 Å². The van der Waals surface area contributed by atoms with Crippen LogP contribution < -0.4 is 0 Å². The summed E-state index contributed by atoms with van der Waals surface area (Å²) >= 11 is 5.99. The van der Waals surface area contributed by atoms with Gasteiger partial charge in [0, 0.05) is 34.2 Å². The lowest BCUT2D eigenvalue weighted by atomic mass is 10.0. The van der Waals surface area contributed by atoms with Gasteiger partial charge >= 0.3 is 5.97 Å². The summed E-state index contributed by atoms with van der Waals surface area (Å²) in [5, 5.41) is 14.9. The first-order valence-corrected chi connectivity index (χ1v) is 6.40. The summed E-state index contributed by atoms with van der Waals surface area (Å²) in [7, 11) is 1.73. The van der Waals surface area contributed by atoms with Crippen LogP contribution in [-0.2, 0) is 7.05 Å². The topological polar surface area (TPSA) is 70.9 Å². The Bertz CT molecular complexity index is 832. The van der Waals surface area contributed by atoms with E-state index >= 15 is 0 Å². The first-order chi connectivity index (χ1) is 9.49. The summed E-state index contributed by atoms with van der Waals surface area (Å²) in [5.41, 5.74) is 3.37. The average Bonchev–Trinajstić information content (AvgIpc) is 2.88. The van der Waals surface area contributed by atoms with Crippen LogP contribution >= 0.6 is 11.6 Å². The highest BCUT2D eigenvalue weighted by Gasteiger charge is 2.21. The van der Waals surface area contributed by atoms with Gasteiger partial charge in [0.25, 0.3) is 0 Å². The van der Waals surface area contributed by atoms with Gasteiger partial charge in [0.05, 0.1) is 11.9 Å². The smallest absolute Gasteiger partial charge is 0.339 e. The Morgan fingerprint density at radius 1 is 1.45 bits per heavy atom. The van der Waals surface area contributed by atoms with E-state index in [-0.39, 0.29) is 5.56 Å². The van der Waals surface area contributed by atoms with Crippen molar-refractivity contribution in [3.63, 3.8) is 0 Å². The molecule has 5 nitrogen and oxygen atoms in total. The van der Waals surface area contributed by atoms with Crippen LogP contribution in [0, 0.1) is 6.92 Å². The number of aromatic nitrogens is 3. The minimum absolute atomic E-state index is 0.187. The third-order valence-electron chi connectivity index (χ3n) is 3.35. The summed E-state index contributed by atoms with van der Waals surface area (Å²) in [6.45, 7) is 1.90. The molecular weight excluding hydrogens is 278 g/mol. The maximum atomic E-state index is 11.3. The van der Waals surface area contributed by atoms with Gasteiger partial charge in [-0.15, -0.1) is 0 Å². The molecular formula is C14H12ClN3O2. The molecule has 102 valence electrons. The minimum Gasteiger partial charge on any atom is -0.478 e. The zero-order valence-corrected chi connectivity index (χ0v) is 11.7. The van der Waals surface area contributed by atoms with Crippen molar-refractivity contribution in [3.05, 3.63) is 40.7 Å². The number of hydrogen-bond donors (Lipinski definition) is 2. The molecule has 0 amide bonds. The first kappa shape index (κ1) is 12.7. The van der Waals surface area contributed by atoms with Crippen LogP contribution in [0.3, 0.4) is 0 Å². The second kappa shape index (κ2) is 4.38. The predicted octanol–water partition coefficient (Wildman–Crippen LogP) is 3.23. The Morgan fingerprint density at radius 3 is 2.90 bits per heavy atom. The fourth-order valence-electron chi connectivity index (χ4n) is 2.50. The number of H-pyrrole nitrogens is 1. The van der Waals surface area contributed by atoms with Crippen molar-refractivity contribution in [2.45, 2.75) is 6.92 Å². The largest absolute Gasteiger partial charge is 0.478 e. The normalized spacial score (nSPS) is 11.2. The highest BCUT2D eigenvalue weighted by Crippen LogP contribution is 2.34. The predicted molar refractivity (Wildman–Crippen MR) is 77.2 cm³/mol. The summed E-state index contributed by atoms with van der Waals surface area (Å²) in [4.78, 5) is 14.6. The molecule has 2 heterocycles. The molecule has 2 N–H and O–H groups in total. The van der Waals surface area contributed by atoms with Crippen LogP contribution in [0.4, 0.5) is 0 Å². The highest BCUT2D eigenvalue weighted by atomic mass is 35.5. The van der Waals surface area contributed by atoms with Crippen molar-refractivity contribution in [2.24, 2.45) is 7.05 Å². The Balaban J connectivity index is 2.38. The van der Waals surface area contributed by atoms with Crippen molar-refractivity contribution < 1.29 is 9.90 Å². The van der Waals surface area contributed by atoms with Gasteiger partial charge < -0.3 is 10.1 Å². The van der Waals surface area contributed by atoms with Crippen molar-refractivity contribution >= 4 is 28.5 Å². The van der Waals surface area contributed by atoms with Gasteiger partial charge in [-0.05, 0) is 19.1 Å². The second-order valence-electron chi connectivity index (χ2n) is 4.65. The molecule has 6 heteroatoms. The summed E-state index contributed by atoms with van der Waals surface area (Å²) in [6, 6.07) is 5.50. The molecule has 20 heavy (non-hydrogen) atoms. The molecule has 0 aliphatic carbocycles. The van der Waals surface area contributed by atoms with Crippen LogP contribution in [0.2, 0.25) is 5.02 Å². The van der Waals surface area contributed by atoms with Gasteiger partial charge in [-0.25, -0.2) is 4.79 Å². The Morgan fingerprint density at radius 2 is 2.20 bits per heavy atom. The molecule has 3 aromatic rings. The third-order valence-corrected chi connectivity index (χ3v) is 3.59. The molecule has 0 aliphatic heterocycles. The maximum absolute atomic E-state index is 11.3. The lowest BCUT2D eigenvalue weighted by Gasteiger charge is -2.04. The number of benzene rings is 1. The number of carbonyl (C=O) groups is 1. The molecule has 0 bridgehead atoms. The Kier molecular flexibility index (Phi) is 2.79. The Labute approximate surface area is 119 Å². The van der Waals surface area contributed by atoms with Gasteiger partial charge in [0.15, 0.2) is 0 Å². The van der Waals surface area contributed by atoms with E-state index in [2.05, 4.69) is 10.1 Å². The van der Waals surface area contributed by atoms with Gasteiger partial charge in [-0.2, -0.15) is 5.10 Å². The number of hydrogen-bond acceptors (Lipinski definition) is 2. The monoisotopic (exact) mass is 289 g/mol. The van der Waals surface area contributed by atoms with E-state index in [9.17, 15) is 9.90 Å². The van der Waals surface area contributed by atoms with E-state index in [0.717, 1.165) is 22.2 Å². The number of aromatic amines is 1. The Hall–Kier alpha value is -2.27. The van der Waals surface area contributed by atoms with Crippen molar-refractivity contribution in [1.29, 1.82) is 0 Å². The standard InChI is InChI=1S/C14H12ClN3O2/c1-7-12(9-4-3-8(15)5-11(9)17-7)13-10(14(19)20)6-16-18(13)2/h3-6,17H,1-2H3,(H,19,20). The van der Waals surface area contributed by atoms with Crippen molar-refractivity contribution in [1.82, 2.24) is 14.8 Å². The molecule has 2 aromatic heterocycles. The van der Waals surface area contributed by atoms with Crippen LogP contribution in [0.15, 0.2) is 24.4 Å². The molecule has 0 aliphatic rings. The molecule has 0 saturated heterocycles. The quantitative estimate of drug-likeness (QED) is 0.761. The molecule has 1 aromatic carbocycles. The van der Waals surface area contributed by atoms with E-state index in [1.807, 2.05) is 19.1 Å². The molecule has 0 spiro atoms. The lowest BCUT2D eigenvalue weighted by molar-refractivity contribution is 0.0697. The average molecular weight is 290 g/mol. The minimum atomic E-state index is -0.990. The SMILES string of the molecule is Cc1[nH]c2cc(Cl)ccc2c1-c1c(C(=O)O)cnn1C. The molecule has 0 saturated carbocycles. The van der Waals surface area contributed by atoms with E-state index in [0.29, 0.717) is 10.7 Å².